The number of furan rings is 1. The van der Waals surface area contributed by atoms with Gasteiger partial charge in [0, 0.05) is 14.0 Å². The van der Waals surface area contributed by atoms with Gasteiger partial charge in [0.25, 0.3) is 0 Å². The summed E-state index contributed by atoms with van der Waals surface area (Å²) in [5.41, 5.74) is 4.48. The second kappa shape index (κ2) is 6.14. The monoisotopic (exact) mass is 432 g/mol. The van der Waals surface area contributed by atoms with Crippen LogP contribution in [0.15, 0.2) is 46.9 Å². The number of hydrogen-bond acceptors (Lipinski definition) is 3. The molecule has 0 bridgehead atoms. The van der Waals surface area contributed by atoms with Gasteiger partial charge in [-0.15, -0.1) is 0 Å². The maximum atomic E-state index is 6.18. The highest BCUT2D eigenvalue weighted by Crippen LogP contribution is 2.31. The Hall–Kier alpha value is -0.790. The van der Waals surface area contributed by atoms with Crippen LogP contribution in [0.1, 0.15) is 17.4 Å². The molecule has 21 heavy (non-hydrogen) atoms. The fourth-order valence-electron chi connectivity index (χ4n) is 2.21. The molecule has 0 fully saturated rings. The number of halogens is 3. The summed E-state index contributed by atoms with van der Waals surface area (Å²) in [7, 11) is 0. The molecule has 1 heterocycles. The van der Waals surface area contributed by atoms with Gasteiger partial charge in [0.1, 0.15) is 17.4 Å². The van der Waals surface area contributed by atoms with E-state index in [1.54, 1.807) is 6.07 Å². The minimum Gasteiger partial charge on any atom is -0.459 e. The highest BCUT2D eigenvalue weighted by Gasteiger charge is 2.18. The van der Waals surface area contributed by atoms with E-state index in [-0.39, 0.29) is 6.04 Å². The Morgan fingerprint density at radius 3 is 2.62 bits per heavy atom. The van der Waals surface area contributed by atoms with Crippen molar-refractivity contribution in [2.75, 3.05) is 0 Å². The van der Waals surface area contributed by atoms with Crippen LogP contribution in [0.25, 0.3) is 11.0 Å². The normalized spacial score (nSPS) is 12.8. The molecule has 0 radical (unpaired) electrons. The highest BCUT2D eigenvalue weighted by atomic mass is 127. The fraction of sp³-hybridized carbons (Fsp3) is 0.0667. The molecule has 6 heteroatoms. The smallest absolute Gasteiger partial charge is 0.134 e. The Balaban J connectivity index is 2.06. The van der Waals surface area contributed by atoms with E-state index in [1.807, 2.05) is 36.4 Å². The zero-order valence-electron chi connectivity index (χ0n) is 10.7. The first-order chi connectivity index (χ1) is 10.1. The van der Waals surface area contributed by atoms with Crippen molar-refractivity contribution in [1.29, 1.82) is 0 Å². The van der Waals surface area contributed by atoms with Crippen molar-refractivity contribution in [3.8, 4) is 0 Å². The Morgan fingerprint density at radius 2 is 1.90 bits per heavy atom. The zero-order valence-corrected chi connectivity index (χ0v) is 14.4. The van der Waals surface area contributed by atoms with E-state index >= 15 is 0 Å². The standard InChI is InChI=1S/C15H11Cl2IN2O/c16-10-2-4-13-9(5-10)7-14(21-13)15(20-19)8-1-3-12(18)11(17)6-8/h1-7,15,20H,19H2. The van der Waals surface area contributed by atoms with Crippen molar-refractivity contribution in [2.24, 2.45) is 5.84 Å². The average molecular weight is 433 g/mol. The van der Waals surface area contributed by atoms with E-state index in [4.69, 9.17) is 33.5 Å². The maximum Gasteiger partial charge on any atom is 0.134 e. The van der Waals surface area contributed by atoms with Gasteiger partial charge in [-0.3, -0.25) is 5.84 Å². The SMILES string of the molecule is NNC(c1ccc(I)c(Cl)c1)c1cc2cc(Cl)ccc2o1. The van der Waals surface area contributed by atoms with Crippen molar-refractivity contribution in [1.82, 2.24) is 5.43 Å². The summed E-state index contributed by atoms with van der Waals surface area (Å²) in [6.45, 7) is 0. The molecule has 0 spiro atoms. The van der Waals surface area contributed by atoms with Gasteiger partial charge in [-0.1, -0.05) is 29.3 Å². The number of fused-ring (bicyclic) bond motifs is 1. The molecule has 0 aliphatic heterocycles. The topological polar surface area (TPSA) is 51.2 Å². The Morgan fingerprint density at radius 1 is 1.10 bits per heavy atom. The molecular formula is C15H11Cl2IN2O. The number of hydrazine groups is 1. The molecule has 0 saturated carbocycles. The molecule has 0 aliphatic carbocycles. The molecule has 0 aliphatic rings. The highest BCUT2D eigenvalue weighted by molar-refractivity contribution is 14.1. The van der Waals surface area contributed by atoms with Crippen LogP contribution >= 0.6 is 45.8 Å². The van der Waals surface area contributed by atoms with Crippen molar-refractivity contribution in [2.45, 2.75) is 6.04 Å². The maximum absolute atomic E-state index is 6.18. The lowest BCUT2D eigenvalue weighted by atomic mass is 10.1. The summed E-state index contributed by atoms with van der Waals surface area (Å²) in [4.78, 5) is 0. The number of nitrogens with one attached hydrogen (secondary N) is 1. The van der Waals surface area contributed by atoms with Gasteiger partial charge in [0.05, 0.1) is 5.02 Å². The predicted octanol–water partition coefficient (Wildman–Crippen LogP) is 4.90. The van der Waals surface area contributed by atoms with E-state index in [2.05, 4.69) is 28.0 Å². The van der Waals surface area contributed by atoms with Gasteiger partial charge in [0.15, 0.2) is 0 Å². The first kappa shape index (κ1) is 15.1. The third-order valence-electron chi connectivity index (χ3n) is 3.23. The Kier molecular flexibility index (Phi) is 4.42. The van der Waals surface area contributed by atoms with Crippen molar-refractivity contribution in [3.63, 3.8) is 0 Å². The fourth-order valence-corrected chi connectivity index (χ4v) is 2.92. The number of nitrogens with two attached hydrogens (primary N) is 1. The van der Waals surface area contributed by atoms with E-state index in [9.17, 15) is 0 Å². The first-order valence-electron chi connectivity index (χ1n) is 6.18. The largest absolute Gasteiger partial charge is 0.459 e. The van der Waals surface area contributed by atoms with E-state index < -0.39 is 0 Å². The molecule has 3 rings (SSSR count). The van der Waals surface area contributed by atoms with E-state index in [1.165, 1.54) is 0 Å². The van der Waals surface area contributed by atoms with Crippen molar-refractivity contribution < 1.29 is 4.42 Å². The van der Waals surface area contributed by atoms with Crippen LogP contribution in [0.2, 0.25) is 10.0 Å². The Bertz CT molecular complexity index is 803. The minimum atomic E-state index is -0.273. The molecule has 1 atom stereocenters. The lowest BCUT2D eigenvalue weighted by Crippen LogP contribution is -2.28. The number of rotatable bonds is 3. The van der Waals surface area contributed by atoms with Crippen LogP contribution in [-0.4, -0.2) is 0 Å². The third kappa shape index (κ3) is 3.05. The van der Waals surface area contributed by atoms with Crippen LogP contribution in [0.5, 0.6) is 0 Å². The molecular weight excluding hydrogens is 422 g/mol. The molecule has 1 unspecified atom stereocenters. The summed E-state index contributed by atoms with van der Waals surface area (Å²) in [5, 5.41) is 2.30. The van der Waals surface area contributed by atoms with Gasteiger partial charge in [-0.2, -0.15) is 0 Å². The summed E-state index contributed by atoms with van der Waals surface area (Å²) in [6, 6.07) is 13.0. The van der Waals surface area contributed by atoms with Crippen LogP contribution in [0.4, 0.5) is 0 Å². The Labute approximate surface area is 145 Å². The number of hydrogen-bond donors (Lipinski definition) is 2. The third-order valence-corrected chi connectivity index (χ3v) is 5.03. The second-order valence-corrected chi connectivity index (χ2v) is 6.61. The van der Waals surface area contributed by atoms with Crippen LogP contribution in [-0.2, 0) is 0 Å². The zero-order chi connectivity index (χ0) is 15.0. The molecule has 2 aromatic carbocycles. The second-order valence-electron chi connectivity index (χ2n) is 4.60. The quantitative estimate of drug-likeness (QED) is 0.351. The molecule has 3 nitrogen and oxygen atoms in total. The molecule has 108 valence electrons. The minimum absolute atomic E-state index is 0.273. The molecule has 3 aromatic rings. The molecule has 0 saturated heterocycles. The summed E-state index contributed by atoms with van der Waals surface area (Å²) in [5.74, 6) is 6.41. The van der Waals surface area contributed by atoms with Crippen LogP contribution in [0, 0.1) is 3.57 Å². The van der Waals surface area contributed by atoms with Gasteiger partial charge in [-0.25, -0.2) is 5.43 Å². The lowest BCUT2D eigenvalue weighted by molar-refractivity contribution is 0.477. The van der Waals surface area contributed by atoms with E-state index in [0.717, 1.165) is 20.1 Å². The lowest BCUT2D eigenvalue weighted by Gasteiger charge is -2.14. The summed E-state index contributed by atoms with van der Waals surface area (Å²) < 4.78 is 6.85. The van der Waals surface area contributed by atoms with Gasteiger partial charge in [0.2, 0.25) is 0 Å². The van der Waals surface area contributed by atoms with Gasteiger partial charge < -0.3 is 4.42 Å². The predicted molar refractivity (Wildman–Crippen MR) is 94.6 cm³/mol. The van der Waals surface area contributed by atoms with Gasteiger partial charge in [-0.05, 0) is 64.6 Å². The van der Waals surface area contributed by atoms with Crippen LogP contribution in [0.3, 0.4) is 0 Å². The summed E-state index contributed by atoms with van der Waals surface area (Å²) >= 11 is 14.4. The first-order valence-corrected chi connectivity index (χ1v) is 8.02. The average Bonchev–Trinajstić information content (AvgIpc) is 2.86. The molecule has 1 aromatic heterocycles. The number of benzene rings is 2. The van der Waals surface area contributed by atoms with E-state index in [0.29, 0.717) is 15.8 Å². The summed E-state index contributed by atoms with van der Waals surface area (Å²) in [6.07, 6.45) is 0. The molecule has 0 amide bonds. The van der Waals surface area contributed by atoms with Crippen LogP contribution < -0.4 is 11.3 Å². The van der Waals surface area contributed by atoms with Crippen molar-refractivity contribution >= 4 is 56.8 Å². The van der Waals surface area contributed by atoms with Crippen molar-refractivity contribution in [3.05, 3.63) is 67.4 Å². The van der Waals surface area contributed by atoms with Gasteiger partial charge >= 0.3 is 0 Å². The molecule has 3 N–H and O–H groups in total.